The van der Waals surface area contributed by atoms with Crippen LogP contribution in [-0.4, -0.2) is 27.0 Å². The lowest BCUT2D eigenvalue weighted by atomic mass is 10.1. The molecule has 3 aromatic carbocycles. The minimum Gasteiger partial charge on any atom is -0.315 e. The van der Waals surface area contributed by atoms with Gasteiger partial charge in [-0.15, -0.1) is 0 Å². The number of nitrogens with zero attached hydrogens (tertiary/aromatic N) is 3. The molecule has 1 unspecified atom stereocenters. The summed E-state index contributed by atoms with van der Waals surface area (Å²) >= 11 is 0. The highest BCUT2D eigenvalue weighted by Gasteiger charge is 2.27. The fraction of sp³-hybridized carbons (Fsp3) is 0.250. The molecule has 0 aliphatic carbocycles. The Kier molecular flexibility index (Phi) is 6.96. The van der Waals surface area contributed by atoms with Crippen LogP contribution in [-0.2, 0) is 0 Å². The molecular formula is C28H29FN4O2. The van der Waals surface area contributed by atoms with E-state index in [1.165, 1.54) is 12.1 Å². The van der Waals surface area contributed by atoms with Crippen molar-refractivity contribution in [1.29, 1.82) is 0 Å². The molecule has 1 N–H and O–H groups in total. The Hall–Kier alpha value is -4.00. The number of nitrogens with one attached hydrogen (secondary N) is 1. The van der Waals surface area contributed by atoms with E-state index >= 15 is 0 Å². The zero-order valence-corrected chi connectivity index (χ0v) is 20.4. The standard InChI is InChI=1S/C28H29FN4O2/c1-5-16-32(28(35)31-25-13-9-7-11-23(25)29)20(4)26-30-24-12-8-6-10-22(24)27(34)33(26)21-15-14-18(2)19(3)17-21/h6-15,17,20H,5,16H2,1-4H3,(H,31,35). The second-order valence-corrected chi connectivity index (χ2v) is 8.68. The van der Waals surface area contributed by atoms with E-state index in [4.69, 9.17) is 4.98 Å². The van der Waals surface area contributed by atoms with Crippen LogP contribution in [0.1, 0.15) is 43.3 Å². The predicted octanol–water partition coefficient (Wildman–Crippen LogP) is 6.15. The Bertz CT molecular complexity index is 1450. The molecule has 0 aliphatic heterocycles. The van der Waals surface area contributed by atoms with Gasteiger partial charge in [0.2, 0.25) is 0 Å². The maximum Gasteiger partial charge on any atom is 0.322 e. The number of para-hydroxylation sites is 2. The van der Waals surface area contributed by atoms with Crippen molar-refractivity contribution >= 4 is 22.6 Å². The van der Waals surface area contributed by atoms with Crippen LogP contribution in [0.15, 0.2) is 71.5 Å². The van der Waals surface area contributed by atoms with Crippen LogP contribution in [0.4, 0.5) is 14.9 Å². The molecule has 0 radical (unpaired) electrons. The van der Waals surface area contributed by atoms with E-state index in [-0.39, 0.29) is 11.2 Å². The van der Waals surface area contributed by atoms with Crippen LogP contribution in [0.5, 0.6) is 0 Å². The van der Waals surface area contributed by atoms with Gasteiger partial charge in [0, 0.05) is 6.54 Å². The number of fused-ring (bicyclic) bond motifs is 1. The van der Waals surface area contributed by atoms with E-state index in [9.17, 15) is 14.0 Å². The number of aromatic nitrogens is 2. The number of rotatable bonds is 6. The highest BCUT2D eigenvalue weighted by Crippen LogP contribution is 2.25. The molecule has 0 saturated heterocycles. The van der Waals surface area contributed by atoms with E-state index in [2.05, 4.69) is 5.32 Å². The van der Waals surface area contributed by atoms with Crippen LogP contribution in [0.2, 0.25) is 0 Å². The maximum absolute atomic E-state index is 14.2. The molecule has 2 amide bonds. The van der Waals surface area contributed by atoms with Crippen molar-refractivity contribution in [3.63, 3.8) is 0 Å². The van der Waals surface area contributed by atoms with Crippen molar-refractivity contribution < 1.29 is 9.18 Å². The minimum absolute atomic E-state index is 0.101. The molecule has 0 saturated carbocycles. The predicted molar refractivity (Wildman–Crippen MR) is 138 cm³/mol. The Morgan fingerprint density at radius 2 is 1.77 bits per heavy atom. The van der Waals surface area contributed by atoms with Crippen LogP contribution >= 0.6 is 0 Å². The van der Waals surface area contributed by atoms with Crippen LogP contribution in [0.3, 0.4) is 0 Å². The molecule has 1 heterocycles. The number of amides is 2. The van der Waals surface area contributed by atoms with Crippen molar-refractivity contribution in [2.45, 2.75) is 40.2 Å². The third-order valence-corrected chi connectivity index (χ3v) is 6.23. The van der Waals surface area contributed by atoms with Crippen molar-refractivity contribution in [2.75, 3.05) is 11.9 Å². The van der Waals surface area contributed by atoms with E-state index < -0.39 is 17.9 Å². The minimum atomic E-state index is -0.569. The Labute approximate surface area is 204 Å². The Morgan fingerprint density at radius 1 is 1.06 bits per heavy atom. The number of urea groups is 1. The first-order valence-corrected chi connectivity index (χ1v) is 11.7. The van der Waals surface area contributed by atoms with Gasteiger partial charge in [0.1, 0.15) is 11.6 Å². The summed E-state index contributed by atoms with van der Waals surface area (Å²) in [5, 5.41) is 3.17. The summed E-state index contributed by atoms with van der Waals surface area (Å²) in [5.74, 6) is -0.0742. The highest BCUT2D eigenvalue weighted by atomic mass is 19.1. The third kappa shape index (κ3) is 4.80. The van der Waals surface area contributed by atoms with E-state index in [0.29, 0.717) is 35.4 Å². The Morgan fingerprint density at radius 3 is 2.49 bits per heavy atom. The summed E-state index contributed by atoms with van der Waals surface area (Å²) in [6, 6.07) is 18.0. The summed E-state index contributed by atoms with van der Waals surface area (Å²) in [6.07, 6.45) is 0.677. The number of anilines is 1. The summed E-state index contributed by atoms with van der Waals surface area (Å²) in [4.78, 5) is 33.4. The fourth-order valence-corrected chi connectivity index (χ4v) is 4.15. The lowest BCUT2D eigenvalue weighted by molar-refractivity contribution is 0.189. The maximum atomic E-state index is 14.2. The van der Waals surface area contributed by atoms with Gasteiger partial charge >= 0.3 is 6.03 Å². The highest BCUT2D eigenvalue weighted by molar-refractivity contribution is 5.89. The topological polar surface area (TPSA) is 67.2 Å². The molecule has 0 bridgehead atoms. The number of halogens is 1. The molecule has 35 heavy (non-hydrogen) atoms. The van der Waals surface area contributed by atoms with Gasteiger partial charge in [-0.3, -0.25) is 9.36 Å². The molecule has 0 spiro atoms. The van der Waals surface area contributed by atoms with Gasteiger partial charge in [-0.1, -0.05) is 37.3 Å². The normalized spacial score (nSPS) is 11.9. The zero-order valence-electron chi connectivity index (χ0n) is 20.4. The van der Waals surface area contributed by atoms with E-state index in [1.807, 2.05) is 58.0 Å². The van der Waals surface area contributed by atoms with Crippen molar-refractivity contribution in [2.24, 2.45) is 0 Å². The first-order chi connectivity index (χ1) is 16.8. The van der Waals surface area contributed by atoms with Gasteiger partial charge in [-0.05, 0) is 74.7 Å². The Balaban J connectivity index is 1.85. The number of hydrogen-bond acceptors (Lipinski definition) is 3. The fourth-order valence-electron chi connectivity index (χ4n) is 4.15. The van der Waals surface area contributed by atoms with E-state index in [0.717, 1.165) is 11.1 Å². The quantitative estimate of drug-likeness (QED) is 0.366. The van der Waals surface area contributed by atoms with Gasteiger partial charge in [-0.25, -0.2) is 14.2 Å². The average molecular weight is 473 g/mol. The van der Waals surface area contributed by atoms with Gasteiger partial charge in [0.15, 0.2) is 0 Å². The summed E-state index contributed by atoms with van der Waals surface area (Å²) in [6.45, 7) is 8.20. The zero-order chi connectivity index (χ0) is 25.1. The van der Waals surface area contributed by atoms with Gasteiger partial charge < -0.3 is 10.2 Å². The second-order valence-electron chi connectivity index (χ2n) is 8.68. The first-order valence-electron chi connectivity index (χ1n) is 11.7. The molecule has 4 aromatic rings. The van der Waals surface area contributed by atoms with Gasteiger partial charge in [0.25, 0.3) is 5.56 Å². The lowest BCUT2D eigenvalue weighted by Crippen LogP contribution is -2.40. The SMILES string of the molecule is CCCN(C(=O)Nc1ccccc1F)C(C)c1nc2ccccc2c(=O)n1-c1ccc(C)c(C)c1. The summed E-state index contributed by atoms with van der Waals surface area (Å²) < 4.78 is 15.8. The molecular weight excluding hydrogens is 443 g/mol. The van der Waals surface area contributed by atoms with Gasteiger partial charge in [-0.2, -0.15) is 0 Å². The third-order valence-electron chi connectivity index (χ3n) is 6.23. The van der Waals surface area contributed by atoms with Crippen LogP contribution in [0, 0.1) is 19.7 Å². The molecule has 7 heteroatoms. The molecule has 1 aromatic heterocycles. The number of hydrogen-bond donors (Lipinski definition) is 1. The molecule has 180 valence electrons. The molecule has 0 aliphatic rings. The number of carbonyl (C=O) groups is 1. The number of aryl methyl sites for hydroxylation is 2. The first kappa shape index (κ1) is 24.1. The van der Waals surface area contributed by atoms with Crippen molar-refractivity contribution in [3.8, 4) is 5.69 Å². The van der Waals surface area contributed by atoms with Gasteiger partial charge in [0.05, 0.1) is 28.3 Å². The molecule has 0 fully saturated rings. The van der Waals surface area contributed by atoms with E-state index in [1.54, 1.807) is 33.7 Å². The molecule has 1 atom stereocenters. The summed E-state index contributed by atoms with van der Waals surface area (Å²) in [7, 11) is 0. The second kappa shape index (κ2) is 10.1. The molecule has 4 rings (SSSR count). The smallest absolute Gasteiger partial charge is 0.315 e. The average Bonchev–Trinajstić information content (AvgIpc) is 2.85. The van der Waals surface area contributed by atoms with Crippen LogP contribution in [0.25, 0.3) is 16.6 Å². The lowest BCUT2D eigenvalue weighted by Gasteiger charge is -2.30. The number of benzene rings is 3. The monoisotopic (exact) mass is 472 g/mol. The summed E-state index contributed by atoms with van der Waals surface area (Å²) in [5.41, 5.74) is 3.30. The van der Waals surface area contributed by atoms with Crippen molar-refractivity contribution in [3.05, 3.63) is 99.9 Å². The largest absolute Gasteiger partial charge is 0.322 e. The number of carbonyl (C=O) groups excluding carboxylic acids is 1. The van der Waals surface area contributed by atoms with Crippen LogP contribution < -0.4 is 10.9 Å². The molecule has 6 nitrogen and oxygen atoms in total. The van der Waals surface area contributed by atoms with Crippen molar-refractivity contribution in [1.82, 2.24) is 14.5 Å².